The maximum atomic E-state index is 13.1. The van der Waals surface area contributed by atoms with Gasteiger partial charge in [0.25, 0.3) is 5.91 Å². The molecule has 17 nitrogen and oxygen atoms in total. The van der Waals surface area contributed by atoms with E-state index >= 15 is 0 Å². The third kappa shape index (κ3) is 6.59. The number of benzene rings is 1. The summed E-state index contributed by atoms with van der Waals surface area (Å²) in [6.07, 6.45) is -2.97. The Morgan fingerprint density at radius 1 is 1.27 bits per heavy atom. The number of carbonyl (C=O) groups excluding carboxylic acids is 3. The summed E-state index contributed by atoms with van der Waals surface area (Å²) in [5, 5.41) is 42.7. The van der Waals surface area contributed by atoms with Crippen LogP contribution in [-0.4, -0.2) is 93.4 Å². The maximum Gasteiger partial charge on any atom is 0.428 e. The summed E-state index contributed by atoms with van der Waals surface area (Å²) in [4.78, 5) is 61.2. The minimum Gasteiger partial charge on any atom is -0.481 e. The van der Waals surface area contributed by atoms with Crippen LogP contribution in [-0.2, 0) is 31.0 Å². The van der Waals surface area contributed by atoms with Gasteiger partial charge in [-0.1, -0.05) is 23.9 Å². The summed E-state index contributed by atoms with van der Waals surface area (Å²) in [7, 11) is 1.60. The maximum absolute atomic E-state index is 13.1. The monoisotopic (exact) mass is 608 g/mol. The van der Waals surface area contributed by atoms with E-state index in [4.69, 9.17) is 15.7 Å². The van der Waals surface area contributed by atoms with Gasteiger partial charge in [-0.2, -0.15) is 0 Å². The molecule has 0 bridgehead atoms. The minimum absolute atomic E-state index is 0.0317. The average molecular weight is 609 g/mol. The number of anilines is 1. The zero-order valence-corrected chi connectivity index (χ0v) is 22.9. The number of hydrogen-bond donors (Lipinski definition) is 5. The number of thioether (sulfide) groups is 2. The lowest BCUT2D eigenvalue weighted by Gasteiger charge is -2.46. The molecule has 1 aromatic carbocycles. The molecule has 3 heterocycles. The van der Waals surface area contributed by atoms with Crippen molar-refractivity contribution in [1.82, 2.24) is 30.4 Å². The molecule has 6 N–H and O–H groups in total. The van der Waals surface area contributed by atoms with Gasteiger partial charge in [-0.3, -0.25) is 19.3 Å². The van der Waals surface area contributed by atoms with Gasteiger partial charge in [0.2, 0.25) is 11.1 Å². The molecule has 0 saturated carbocycles. The molecule has 0 radical (unpaired) electrons. The highest BCUT2D eigenvalue weighted by atomic mass is 32.2. The summed E-state index contributed by atoms with van der Waals surface area (Å²) in [6.45, 7) is -0.376. The number of aryl methyl sites for hydroxylation is 1. The number of carbonyl (C=O) groups is 5. The Labute approximate surface area is 239 Å². The van der Waals surface area contributed by atoms with Gasteiger partial charge < -0.3 is 25.4 Å². The number of hydrazine groups is 1. The highest BCUT2D eigenvalue weighted by Gasteiger charge is 2.49. The Morgan fingerprint density at radius 2 is 1.98 bits per heavy atom. The second kappa shape index (κ2) is 12.5. The standard InChI is InChI=1S/C22H24N8O9S2/c1-28-21(25-26-27-28)40-9-12-16(20(36)37)29-13(31)8-14(29)41-19(12)24-18(35)17(34)10-2-4-11(5-3-10)30(23)22(38)39-7-6-15(32)33/h2-5,14,17,19,34H,6-9,23H2,1H3,(H,24,35)(H,32,33)(H,36,37)/t14-,17+,19?/m0/s1. The number of carboxylic acid groups (broad SMARTS) is 2. The molecule has 2 aromatic rings. The van der Waals surface area contributed by atoms with Crippen LogP contribution in [0.5, 0.6) is 0 Å². The van der Waals surface area contributed by atoms with Crippen LogP contribution in [0.4, 0.5) is 10.5 Å². The average Bonchev–Trinajstić information content (AvgIpc) is 3.34. The molecule has 0 spiro atoms. The number of β-lactam (4-membered cyclic amide) rings is 1. The van der Waals surface area contributed by atoms with E-state index in [2.05, 4.69) is 20.8 Å². The van der Waals surface area contributed by atoms with E-state index in [9.17, 15) is 34.2 Å². The number of aliphatic hydroxyl groups excluding tert-OH is 1. The van der Waals surface area contributed by atoms with Crippen LogP contribution >= 0.6 is 23.5 Å². The molecular weight excluding hydrogens is 584 g/mol. The van der Waals surface area contributed by atoms with Gasteiger partial charge in [0.05, 0.1) is 23.9 Å². The Morgan fingerprint density at radius 3 is 2.56 bits per heavy atom. The van der Waals surface area contributed by atoms with Crippen molar-refractivity contribution in [3.8, 4) is 0 Å². The van der Waals surface area contributed by atoms with E-state index < -0.39 is 47.2 Å². The fourth-order valence-corrected chi connectivity index (χ4v) is 6.30. The molecule has 2 aliphatic heterocycles. The van der Waals surface area contributed by atoms with E-state index in [0.29, 0.717) is 10.2 Å². The molecular formula is C22H24N8O9S2. The number of hydrogen-bond acceptors (Lipinski definition) is 13. The van der Waals surface area contributed by atoms with Crippen molar-refractivity contribution in [2.75, 3.05) is 17.4 Å². The molecule has 3 amide bonds. The molecule has 1 saturated heterocycles. The number of nitrogens with one attached hydrogen (secondary N) is 1. The van der Waals surface area contributed by atoms with Gasteiger partial charge >= 0.3 is 18.0 Å². The van der Waals surface area contributed by atoms with E-state index in [0.717, 1.165) is 11.8 Å². The number of fused-ring (bicyclic) bond motifs is 1. The lowest BCUT2D eigenvalue weighted by molar-refractivity contribution is -0.146. The molecule has 4 rings (SSSR count). The second-order valence-electron chi connectivity index (χ2n) is 8.62. The van der Waals surface area contributed by atoms with Crippen molar-refractivity contribution in [2.24, 2.45) is 12.9 Å². The lowest BCUT2D eigenvalue weighted by atomic mass is 10.1. The zero-order chi connectivity index (χ0) is 29.8. The second-order valence-corrected chi connectivity index (χ2v) is 10.9. The number of nitrogens with two attached hydrogens (primary N) is 1. The smallest absolute Gasteiger partial charge is 0.428 e. The van der Waals surface area contributed by atoms with Gasteiger partial charge in [-0.25, -0.2) is 25.1 Å². The number of aliphatic hydroxyl groups is 1. The molecule has 3 atom stereocenters. The van der Waals surface area contributed by atoms with Crippen LogP contribution < -0.4 is 16.2 Å². The first-order valence-electron chi connectivity index (χ1n) is 11.8. The van der Waals surface area contributed by atoms with Gasteiger partial charge in [0.15, 0.2) is 6.10 Å². The topological polar surface area (TPSA) is 243 Å². The Bertz CT molecular complexity index is 1400. The van der Waals surface area contributed by atoms with E-state index in [-0.39, 0.29) is 47.2 Å². The molecule has 2 aliphatic rings. The van der Waals surface area contributed by atoms with Crippen LogP contribution in [0.25, 0.3) is 0 Å². The molecule has 19 heteroatoms. The van der Waals surface area contributed by atoms with E-state index in [1.54, 1.807) is 7.05 Å². The van der Waals surface area contributed by atoms with Crippen LogP contribution in [0.3, 0.4) is 0 Å². The lowest BCUT2D eigenvalue weighted by Crippen LogP contribution is -2.57. The molecule has 1 fully saturated rings. The quantitative estimate of drug-likeness (QED) is 0.0704. The van der Waals surface area contributed by atoms with E-state index in [1.807, 2.05) is 0 Å². The van der Waals surface area contributed by atoms with Crippen molar-refractivity contribution in [3.63, 3.8) is 0 Å². The summed E-state index contributed by atoms with van der Waals surface area (Å²) >= 11 is 2.29. The zero-order valence-electron chi connectivity index (χ0n) is 21.2. The number of nitrogens with zero attached hydrogens (tertiary/aromatic N) is 6. The van der Waals surface area contributed by atoms with Crippen molar-refractivity contribution in [3.05, 3.63) is 41.1 Å². The Balaban J connectivity index is 1.47. The highest BCUT2D eigenvalue weighted by molar-refractivity contribution is 8.01. The number of carboxylic acids is 2. The van der Waals surface area contributed by atoms with Crippen molar-refractivity contribution >= 4 is 59.1 Å². The van der Waals surface area contributed by atoms with Gasteiger partial charge in [-0.15, -0.1) is 16.9 Å². The fourth-order valence-electron chi connectivity index (χ4n) is 3.85. The first-order chi connectivity index (χ1) is 19.5. The van der Waals surface area contributed by atoms with Gasteiger partial charge in [0, 0.05) is 18.4 Å². The third-order valence-corrected chi connectivity index (χ3v) is 8.37. The summed E-state index contributed by atoms with van der Waals surface area (Å²) in [5.41, 5.74) is 0.278. The number of rotatable bonds is 11. The van der Waals surface area contributed by atoms with Crippen LogP contribution in [0.2, 0.25) is 0 Å². The number of aromatic nitrogens is 4. The van der Waals surface area contributed by atoms with Gasteiger partial charge in [-0.05, 0) is 28.1 Å². The predicted octanol–water partition coefficient (Wildman–Crippen LogP) is -0.587. The molecule has 218 valence electrons. The highest BCUT2D eigenvalue weighted by Crippen LogP contribution is 2.44. The fraction of sp³-hybridized carbons (Fsp3) is 0.364. The molecule has 1 unspecified atom stereocenters. The largest absolute Gasteiger partial charge is 0.481 e. The van der Waals surface area contributed by atoms with E-state index in [1.165, 1.54) is 45.6 Å². The number of aliphatic carboxylic acids is 2. The van der Waals surface area contributed by atoms with Crippen LogP contribution in [0.1, 0.15) is 24.5 Å². The number of amides is 3. The third-order valence-electron chi connectivity index (χ3n) is 5.95. The molecule has 0 aliphatic carbocycles. The Hall–Kier alpha value is -4.20. The SMILES string of the molecule is Cn1nnnc1SCC1=C(C(=O)O)N2C(=O)C[C@@H]2SC1NC(=O)[C@H](O)c1ccc(N(N)C(=O)OCCC(=O)O)cc1. The Kier molecular flexibility index (Phi) is 9.11. The predicted molar refractivity (Wildman–Crippen MR) is 141 cm³/mol. The normalized spacial score (nSPS) is 18.7. The van der Waals surface area contributed by atoms with Crippen molar-refractivity contribution < 1.29 is 44.0 Å². The molecule has 1 aromatic heterocycles. The van der Waals surface area contributed by atoms with Gasteiger partial charge in [0.1, 0.15) is 17.7 Å². The van der Waals surface area contributed by atoms with Crippen molar-refractivity contribution in [1.29, 1.82) is 0 Å². The van der Waals surface area contributed by atoms with Crippen LogP contribution in [0.15, 0.2) is 40.7 Å². The summed E-state index contributed by atoms with van der Waals surface area (Å²) in [6, 6.07) is 5.38. The number of ether oxygens (including phenoxy) is 1. The summed E-state index contributed by atoms with van der Waals surface area (Å²) in [5.74, 6) is 2.06. The number of tetrazole rings is 1. The summed E-state index contributed by atoms with van der Waals surface area (Å²) < 4.78 is 6.15. The first kappa shape index (κ1) is 29.8. The molecule has 41 heavy (non-hydrogen) atoms. The first-order valence-corrected chi connectivity index (χ1v) is 13.7. The minimum atomic E-state index is -1.68. The van der Waals surface area contributed by atoms with Crippen LogP contribution in [0, 0.1) is 0 Å². The van der Waals surface area contributed by atoms with Crippen molar-refractivity contribution in [2.45, 2.75) is 34.8 Å².